The summed E-state index contributed by atoms with van der Waals surface area (Å²) in [5.41, 5.74) is 2.95. The number of carbonyl (C=O) groups is 1. The zero-order chi connectivity index (χ0) is 21.8. The predicted octanol–water partition coefficient (Wildman–Crippen LogP) is 4.35. The second-order valence-electron chi connectivity index (χ2n) is 6.70. The number of nitrogens with zero attached hydrogens (tertiary/aromatic N) is 2. The summed E-state index contributed by atoms with van der Waals surface area (Å²) in [4.78, 5) is 23.1. The SMILES string of the molecule is COc1cc([N+](=O)[O-])ccc1NC(=O)c1noc(C)c1COc1ccc(C)c(C)c1. The van der Waals surface area contributed by atoms with E-state index in [9.17, 15) is 14.9 Å². The molecule has 0 atom stereocenters. The first-order valence-electron chi connectivity index (χ1n) is 9.09. The zero-order valence-electron chi connectivity index (χ0n) is 17.0. The van der Waals surface area contributed by atoms with Gasteiger partial charge in [0.15, 0.2) is 5.69 Å². The molecule has 30 heavy (non-hydrogen) atoms. The molecule has 0 saturated carbocycles. The predicted molar refractivity (Wildman–Crippen MR) is 109 cm³/mol. The van der Waals surface area contributed by atoms with Crippen molar-refractivity contribution in [3.63, 3.8) is 0 Å². The molecule has 0 aliphatic heterocycles. The van der Waals surface area contributed by atoms with Crippen molar-refractivity contribution in [1.82, 2.24) is 5.16 Å². The molecule has 0 radical (unpaired) electrons. The highest BCUT2D eigenvalue weighted by molar-refractivity contribution is 6.04. The van der Waals surface area contributed by atoms with Crippen LogP contribution in [0.3, 0.4) is 0 Å². The lowest BCUT2D eigenvalue weighted by Gasteiger charge is -2.10. The maximum Gasteiger partial charge on any atom is 0.278 e. The zero-order valence-corrected chi connectivity index (χ0v) is 17.0. The highest BCUT2D eigenvalue weighted by Gasteiger charge is 2.22. The van der Waals surface area contributed by atoms with Crippen LogP contribution in [0.15, 0.2) is 40.9 Å². The number of benzene rings is 2. The summed E-state index contributed by atoms with van der Waals surface area (Å²) in [6.45, 7) is 5.79. The van der Waals surface area contributed by atoms with Crippen molar-refractivity contribution in [2.75, 3.05) is 12.4 Å². The highest BCUT2D eigenvalue weighted by atomic mass is 16.6. The van der Waals surface area contributed by atoms with Gasteiger partial charge < -0.3 is 19.3 Å². The molecule has 1 N–H and O–H groups in total. The number of non-ortho nitro benzene ring substituents is 1. The fraction of sp³-hybridized carbons (Fsp3) is 0.238. The molecule has 0 unspecified atom stereocenters. The Kier molecular flexibility index (Phi) is 6.01. The summed E-state index contributed by atoms with van der Waals surface area (Å²) in [5, 5.41) is 17.4. The molecule has 9 nitrogen and oxygen atoms in total. The molecule has 0 aliphatic rings. The molecule has 0 bridgehead atoms. The Labute approximate surface area is 172 Å². The fourth-order valence-corrected chi connectivity index (χ4v) is 2.78. The van der Waals surface area contributed by atoms with Gasteiger partial charge in [-0.2, -0.15) is 0 Å². The average molecular weight is 411 g/mol. The topological polar surface area (TPSA) is 117 Å². The summed E-state index contributed by atoms with van der Waals surface area (Å²) >= 11 is 0. The highest BCUT2D eigenvalue weighted by Crippen LogP contribution is 2.30. The quantitative estimate of drug-likeness (QED) is 0.454. The number of aromatic nitrogens is 1. The second kappa shape index (κ2) is 8.64. The summed E-state index contributed by atoms with van der Waals surface area (Å²) in [5.74, 6) is 0.741. The van der Waals surface area contributed by atoms with E-state index in [-0.39, 0.29) is 29.4 Å². The van der Waals surface area contributed by atoms with Gasteiger partial charge in [0.25, 0.3) is 11.6 Å². The van der Waals surface area contributed by atoms with E-state index in [2.05, 4.69) is 10.5 Å². The van der Waals surface area contributed by atoms with Crippen molar-refractivity contribution in [3.8, 4) is 11.5 Å². The van der Waals surface area contributed by atoms with Crippen molar-refractivity contribution in [2.24, 2.45) is 0 Å². The van der Waals surface area contributed by atoms with E-state index in [1.165, 1.54) is 25.3 Å². The van der Waals surface area contributed by atoms with Crippen LogP contribution in [0.4, 0.5) is 11.4 Å². The van der Waals surface area contributed by atoms with Gasteiger partial charge in [-0.1, -0.05) is 11.2 Å². The van der Waals surface area contributed by atoms with Crippen LogP contribution >= 0.6 is 0 Å². The number of hydrogen-bond donors (Lipinski definition) is 1. The Balaban J connectivity index is 1.79. The summed E-state index contributed by atoms with van der Waals surface area (Å²) in [6.07, 6.45) is 0. The third-order valence-corrected chi connectivity index (χ3v) is 4.71. The number of nitrogens with one attached hydrogen (secondary N) is 1. The summed E-state index contributed by atoms with van der Waals surface area (Å²) < 4.78 is 16.1. The van der Waals surface area contributed by atoms with Gasteiger partial charge >= 0.3 is 0 Å². The van der Waals surface area contributed by atoms with Crippen LogP contribution in [0.25, 0.3) is 0 Å². The first-order chi connectivity index (χ1) is 14.3. The van der Waals surface area contributed by atoms with Crippen LogP contribution < -0.4 is 14.8 Å². The third-order valence-electron chi connectivity index (χ3n) is 4.71. The normalized spacial score (nSPS) is 10.5. The average Bonchev–Trinajstić information content (AvgIpc) is 3.09. The Bertz CT molecular complexity index is 1110. The Morgan fingerprint density at radius 3 is 2.60 bits per heavy atom. The number of hydrogen-bond acceptors (Lipinski definition) is 7. The third kappa shape index (κ3) is 4.40. The molecule has 1 aromatic heterocycles. The van der Waals surface area contributed by atoms with E-state index in [1.807, 2.05) is 32.0 Å². The van der Waals surface area contributed by atoms with Crippen molar-refractivity contribution >= 4 is 17.3 Å². The molecule has 1 amide bonds. The minimum atomic E-state index is -0.544. The molecule has 9 heteroatoms. The van der Waals surface area contributed by atoms with Gasteiger partial charge in [-0.25, -0.2) is 0 Å². The van der Waals surface area contributed by atoms with E-state index in [4.69, 9.17) is 14.0 Å². The molecule has 2 aromatic carbocycles. The van der Waals surface area contributed by atoms with Gasteiger partial charge in [0.1, 0.15) is 23.9 Å². The number of methoxy groups -OCH3 is 1. The molecule has 1 heterocycles. The number of carbonyl (C=O) groups excluding carboxylic acids is 1. The number of aryl methyl sites for hydroxylation is 3. The van der Waals surface area contributed by atoms with Gasteiger partial charge in [-0.3, -0.25) is 14.9 Å². The van der Waals surface area contributed by atoms with Crippen molar-refractivity contribution in [2.45, 2.75) is 27.4 Å². The molecule has 0 spiro atoms. The number of nitro groups is 1. The number of anilines is 1. The van der Waals surface area contributed by atoms with Crippen molar-refractivity contribution in [1.29, 1.82) is 0 Å². The van der Waals surface area contributed by atoms with Gasteiger partial charge in [0, 0.05) is 6.07 Å². The second-order valence-corrected chi connectivity index (χ2v) is 6.70. The maximum absolute atomic E-state index is 12.8. The molecule has 0 fully saturated rings. The first-order valence-corrected chi connectivity index (χ1v) is 9.09. The molecule has 3 rings (SSSR count). The van der Waals surface area contributed by atoms with Crippen LogP contribution in [-0.2, 0) is 6.61 Å². The summed E-state index contributed by atoms with van der Waals surface area (Å²) in [7, 11) is 1.36. The standard InChI is InChI=1S/C21H21N3O6/c1-12-5-7-16(9-13(12)2)29-11-17-14(3)30-23-20(17)21(25)22-18-8-6-15(24(26)27)10-19(18)28-4/h5-10H,11H2,1-4H3,(H,22,25). The number of rotatable bonds is 7. The van der Waals surface area contributed by atoms with Crippen LogP contribution in [0.1, 0.15) is 32.9 Å². The van der Waals surface area contributed by atoms with Crippen LogP contribution in [0.2, 0.25) is 0 Å². The fourth-order valence-electron chi connectivity index (χ4n) is 2.78. The van der Waals surface area contributed by atoms with E-state index >= 15 is 0 Å². The van der Waals surface area contributed by atoms with E-state index in [1.54, 1.807) is 6.92 Å². The maximum atomic E-state index is 12.8. The Hall–Kier alpha value is -3.88. The lowest BCUT2D eigenvalue weighted by molar-refractivity contribution is -0.384. The number of ether oxygens (including phenoxy) is 2. The molecule has 156 valence electrons. The van der Waals surface area contributed by atoms with Gasteiger partial charge in [-0.15, -0.1) is 0 Å². The van der Waals surface area contributed by atoms with E-state index in [0.717, 1.165) is 11.1 Å². The van der Waals surface area contributed by atoms with Gasteiger partial charge in [-0.05, 0) is 50.1 Å². The van der Waals surface area contributed by atoms with E-state index < -0.39 is 10.8 Å². The minimum absolute atomic E-state index is 0.0664. The van der Waals surface area contributed by atoms with Crippen molar-refractivity contribution in [3.05, 3.63) is 74.7 Å². The largest absolute Gasteiger partial charge is 0.494 e. The first kappa shape index (κ1) is 20.8. The molecular weight excluding hydrogens is 390 g/mol. The van der Waals surface area contributed by atoms with Crippen LogP contribution in [0, 0.1) is 30.9 Å². The molecular formula is C21H21N3O6. The minimum Gasteiger partial charge on any atom is -0.494 e. The number of nitro benzene ring substituents is 1. The lowest BCUT2D eigenvalue weighted by atomic mass is 10.1. The Morgan fingerprint density at radius 1 is 1.17 bits per heavy atom. The molecule has 0 aliphatic carbocycles. The van der Waals surface area contributed by atoms with Gasteiger partial charge in [0.2, 0.25) is 0 Å². The lowest BCUT2D eigenvalue weighted by Crippen LogP contribution is -2.16. The molecule has 3 aromatic rings. The number of amides is 1. The van der Waals surface area contributed by atoms with Crippen molar-refractivity contribution < 1.29 is 23.7 Å². The van der Waals surface area contributed by atoms with Gasteiger partial charge in [0.05, 0.1) is 29.4 Å². The van der Waals surface area contributed by atoms with E-state index in [0.29, 0.717) is 17.1 Å². The summed E-state index contributed by atoms with van der Waals surface area (Å²) in [6, 6.07) is 9.63. The Morgan fingerprint density at radius 2 is 1.93 bits per heavy atom. The smallest absolute Gasteiger partial charge is 0.278 e. The van der Waals surface area contributed by atoms with Crippen LogP contribution in [0.5, 0.6) is 11.5 Å². The van der Waals surface area contributed by atoms with Crippen LogP contribution in [-0.4, -0.2) is 23.1 Å². The molecule has 0 saturated heterocycles. The monoisotopic (exact) mass is 411 g/mol.